The summed E-state index contributed by atoms with van der Waals surface area (Å²) in [5.41, 5.74) is 0.364. The van der Waals surface area contributed by atoms with Crippen molar-refractivity contribution in [2.45, 2.75) is 33.7 Å². The van der Waals surface area contributed by atoms with E-state index in [1.54, 1.807) is 45.4 Å². The maximum absolute atomic E-state index is 13.3. The largest absolute Gasteiger partial charge is 0.497 e. The van der Waals surface area contributed by atoms with Gasteiger partial charge in [0.1, 0.15) is 22.7 Å². The summed E-state index contributed by atoms with van der Waals surface area (Å²) in [6.07, 6.45) is 4.05. The molecule has 1 amide bonds. The second-order valence-electron chi connectivity index (χ2n) is 8.63. The molecule has 1 aliphatic rings. The number of esters is 1. The van der Waals surface area contributed by atoms with Crippen molar-refractivity contribution in [2.24, 2.45) is 11.8 Å². The van der Waals surface area contributed by atoms with Crippen LogP contribution < -0.4 is 24.2 Å². The number of nitrogens with zero attached hydrogens (tertiary/aromatic N) is 2. The number of piperidine rings is 1. The average Bonchev–Trinajstić information content (AvgIpc) is 3.06. The molecule has 2 unspecified atom stereocenters. The van der Waals surface area contributed by atoms with Crippen molar-refractivity contribution in [3.63, 3.8) is 0 Å². The molecular weight excluding hydrogens is 456 g/mol. The number of likely N-dealkylation sites (tertiary alicyclic amines) is 1. The van der Waals surface area contributed by atoms with E-state index in [0.29, 0.717) is 51.2 Å². The number of carbonyl (C=O) groups is 2. The number of benzene rings is 1. The number of aromatic nitrogens is 1. The topological polar surface area (TPSA) is 87.1 Å². The van der Waals surface area contributed by atoms with Gasteiger partial charge in [-0.15, -0.1) is 11.3 Å². The maximum Gasteiger partial charge on any atom is 0.333 e. The maximum atomic E-state index is 13.3. The molecule has 9 heteroatoms. The number of methoxy groups -OCH3 is 2. The lowest BCUT2D eigenvalue weighted by molar-refractivity contribution is -0.136. The van der Waals surface area contributed by atoms with Crippen LogP contribution in [0.4, 0.5) is 0 Å². The number of hydrogen-bond acceptors (Lipinski definition) is 7. The van der Waals surface area contributed by atoms with Crippen molar-refractivity contribution in [1.82, 2.24) is 9.47 Å². The first-order chi connectivity index (χ1) is 16.2. The molecule has 0 radical (unpaired) electrons. The van der Waals surface area contributed by atoms with Gasteiger partial charge in [-0.05, 0) is 49.0 Å². The van der Waals surface area contributed by atoms with E-state index in [2.05, 4.69) is 13.8 Å². The molecule has 2 heterocycles. The van der Waals surface area contributed by atoms with E-state index < -0.39 is 5.97 Å². The molecular formula is C25H32N2O6S. The highest BCUT2D eigenvalue weighted by Crippen LogP contribution is 2.23. The SMILES string of the molecule is CCOC(=O)/C=c1\s/c(=C/c2cc(OC)cc(OC)c2)c(=O)n1CC(=O)N1CC(C)CC(C)C1. The van der Waals surface area contributed by atoms with Crippen LogP contribution in [0.5, 0.6) is 11.5 Å². The van der Waals surface area contributed by atoms with Crippen LogP contribution in [0, 0.1) is 11.8 Å². The molecule has 2 aromatic rings. The van der Waals surface area contributed by atoms with Gasteiger partial charge < -0.3 is 19.1 Å². The zero-order chi connectivity index (χ0) is 24.8. The van der Waals surface area contributed by atoms with E-state index in [9.17, 15) is 14.4 Å². The first-order valence-electron chi connectivity index (χ1n) is 11.3. The first-order valence-corrected chi connectivity index (χ1v) is 12.2. The smallest absolute Gasteiger partial charge is 0.333 e. The fraction of sp³-hybridized carbons (Fsp3) is 0.480. The Balaban J connectivity index is 2.05. The van der Waals surface area contributed by atoms with E-state index in [1.165, 1.54) is 10.6 Å². The van der Waals surface area contributed by atoms with Gasteiger partial charge >= 0.3 is 5.97 Å². The molecule has 1 saturated heterocycles. The molecule has 184 valence electrons. The third-order valence-electron chi connectivity index (χ3n) is 5.65. The Morgan fingerprint density at radius 1 is 1.09 bits per heavy atom. The minimum atomic E-state index is -0.556. The molecule has 0 spiro atoms. The van der Waals surface area contributed by atoms with Crippen molar-refractivity contribution < 1.29 is 23.8 Å². The van der Waals surface area contributed by atoms with Gasteiger partial charge in [-0.2, -0.15) is 0 Å². The predicted molar refractivity (Wildman–Crippen MR) is 132 cm³/mol. The molecule has 0 saturated carbocycles. The third kappa shape index (κ3) is 6.28. The van der Waals surface area contributed by atoms with Crippen LogP contribution in [0.2, 0.25) is 0 Å². The van der Waals surface area contributed by atoms with Crippen LogP contribution in [0.15, 0.2) is 23.0 Å². The molecule has 1 aliphatic heterocycles. The number of hydrogen-bond donors (Lipinski definition) is 0. The minimum absolute atomic E-state index is 0.130. The Kier molecular flexibility index (Phi) is 8.55. The Morgan fingerprint density at radius 2 is 1.71 bits per heavy atom. The van der Waals surface area contributed by atoms with Gasteiger partial charge in [0.2, 0.25) is 5.91 Å². The Hall–Kier alpha value is -3.07. The number of carbonyl (C=O) groups excluding carboxylic acids is 2. The molecule has 1 fully saturated rings. The summed E-state index contributed by atoms with van der Waals surface area (Å²) in [6.45, 7) is 7.39. The lowest BCUT2D eigenvalue weighted by atomic mass is 9.92. The third-order valence-corrected chi connectivity index (χ3v) is 6.71. The highest BCUT2D eigenvalue weighted by molar-refractivity contribution is 7.07. The van der Waals surface area contributed by atoms with Crippen LogP contribution in [-0.4, -0.2) is 55.3 Å². The van der Waals surface area contributed by atoms with Crippen molar-refractivity contribution in [2.75, 3.05) is 33.9 Å². The van der Waals surface area contributed by atoms with Gasteiger partial charge in [0.15, 0.2) is 0 Å². The van der Waals surface area contributed by atoms with Crippen LogP contribution in [0.3, 0.4) is 0 Å². The second kappa shape index (κ2) is 11.4. The molecule has 0 N–H and O–H groups in total. The summed E-state index contributed by atoms with van der Waals surface area (Å²) >= 11 is 1.14. The van der Waals surface area contributed by atoms with Gasteiger partial charge in [-0.25, -0.2) is 4.79 Å². The average molecular weight is 489 g/mol. The number of ether oxygens (including phenoxy) is 3. The lowest BCUT2D eigenvalue weighted by Crippen LogP contribution is -2.46. The van der Waals surface area contributed by atoms with E-state index in [1.807, 2.05) is 4.90 Å². The highest BCUT2D eigenvalue weighted by atomic mass is 32.1. The summed E-state index contributed by atoms with van der Waals surface area (Å²) in [5, 5.41) is 0. The van der Waals surface area contributed by atoms with Gasteiger partial charge in [0.05, 0.1) is 31.4 Å². The van der Waals surface area contributed by atoms with Crippen LogP contribution in [0.25, 0.3) is 12.2 Å². The Labute approximate surface area is 203 Å². The number of thiazole rings is 1. The molecule has 2 atom stereocenters. The second-order valence-corrected chi connectivity index (χ2v) is 9.69. The van der Waals surface area contributed by atoms with E-state index in [4.69, 9.17) is 14.2 Å². The molecule has 3 rings (SSSR count). The van der Waals surface area contributed by atoms with Crippen LogP contribution >= 0.6 is 11.3 Å². The zero-order valence-electron chi connectivity index (χ0n) is 20.3. The van der Waals surface area contributed by atoms with Crippen molar-refractivity contribution in [3.05, 3.63) is 43.3 Å². The first kappa shape index (κ1) is 25.6. The van der Waals surface area contributed by atoms with E-state index >= 15 is 0 Å². The Bertz CT molecular complexity index is 1180. The predicted octanol–water partition coefficient (Wildman–Crippen LogP) is 1.60. The summed E-state index contributed by atoms with van der Waals surface area (Å²) in [7, 11) is 3.11. The molecule has 1 aromatic carbocycles. The lowest BCUT2D eigenvalue weighted by Gasteiger charge is -2.35. The van der Waals surface area contributed by atoms with Crippen molar-refractivity contribution in [3.8, 4) is 11.5 Å². The van der Waals surface area contributed by atoms with E-state index in [-0.39, 0.29) is 24.6 Å². The monoisotopic (exact) mass is 488 g/mol. The molecule has 34 heavy (non-hydrogen) atoms. The fourth-order valence-corrected chi connectivity index (χ4v) is 5.27. The highest BCUT2D eigenvalue weighted by Gasteiger charge is 2.26. The molecule has 8 nitrogen and oxygen atoms in total. The van der Waals surface area contributed by atoms with Gasteiger partial charge in [-0.1, -0.05) is 13.8 Å². The molecule has 1 aromatic heterocycles. The summed E-state index contributed by atoms with van der Waals surface area (Å²) in [5.74, 6) is 1.30. The standard InChI is InChI=1S/C25H32N2O6S/c1-6-33-24(29)12-23-27(15-22(28)26-13-16(2)7-17(3)14-26)25(30)21(34-23)10-18-8-19(31-4)11-20(9-18)32-5/h8-12,16-17H,6-7,13-15H2,1-5H3/b21-10+,23-12-. The molecule has 0 bridgehead atoms. The van der Waals surface area contributed by atoms with Crippen LogP contribution in [-0.2, 0) is 20.9 Å². The van der Waals surface area contributed by atoms with Crippen LogP contribution in [0.1, 0.15) is 32.8 Å². The summed E-state index contributed by atoms with van der Waals surface area (Å²) in [4.78, 5) is 40.4. The molecule has 0 aliphatic carbocycles. The zero-order valence-corrected chi connectivity index (χ0v) is 21.1. The van der Waals surface area contributed by atoms with Crippen molar-refractivity contribution in [1.29, 1.82) is 0 Å². The van der Waals surface area contributed by atoms with Gasteiger partial charge in [-0.3, -0.25) is 14.2 Å². The fourth-order valence-electron chi connectivity index (χ4n) is 4.24. The van der Waals surface area contributed by atoms with Gasteiger partial charge in [0.25, 0.3) is 5.56 Å². The van der Waals surface area contributed by atoms with Gasteiger partial charge in [0, 0.05) is 19.2 Å². The summed E-state index contributed by atoms with van der Waals surface area (Å²) < 4.78 is 17.8. The van der Waals surface area contributed by atoms with Crippen molar-refractivity contribution >= 4 is 35.4 Å². The normalized spacial score (nSPS) is 19.3. The number of rotatable bonds is 7. The quantitative estimate of drug-likeness (QED) is 0.551. The Morgan fingerprint density at radius 3 is 2.26 bits per heavy atom. The number of amides is 1. The minimum Gasteiger partial charge on any atom is -0.497 e. The van der Waals surface area contributed by atoms with E-state index in [0.717, 1.165) is 17.8 Å². The summed E-state index contributed by atoms with van der Waals surface area (Å²) in [6, 6.07) is 5.30.